The van der Waals surface area contributed by atoms with Crippen molar-refractivity contribution < 1.29 is 18.1 Å². The molecule has 1 aromatic heterocycles. The highest BCUT2D eigenvalue weighted by Gasteiger charge is 2.34. The average Bonchev–Trinajstić information content (AvgIpc) is 2.86. The van der Waals surface area contributed by atoms with E-state index in [1.807, 2.05) is 0 Å². The lowest BCUT2D eigenvalue weighted by Crippen LogP contribution is -2.12. The van der Waals surface area contributed by atoms with Gasteiger partial charge < -0.3 is 10.6 Å². The third-order valence-corrected chi connectivity index (χ3v) is 6.31. The number of hydrogen-bond acceptors (Lipinski definition) is 6. The fourth-order valence-corrected chi connectivity index (χ4v) is 4.27. The van der Waals surface area contributed by atoms with E-state index in [1.165, 1.54) is 88.8 Å². The van der Waals surface area contributed by atoms with E-state index >= 15 is 0 Å². The molecule has 0 unspecified atom stereocenters. The largest absolute Gasteiger partial charge is 0.418 e. The molecule has 0 atom stereocenters. The van der Waals surface area contributed by atoms with Crippen molar-refractivity contribution in [3.63, 3.8) is 0 Å². The summed E-state index contributed by atoms with van der Waals surface area (Å²) in [6.07, 6.45) is 13.8. The summed E-state index contributed by atoms with van der Waals surface area (Å²) in [5, 5.41) is 17.1. The topological polar surface area (TPSA) is 93.0 Å². The minimum Gasteiger partial charge on any atom is -0.364 e. The number of unbranched alkanes of at least 4 members (excludes halogenated alkanes) is 13. The predicted molar refractivity (Wildman–Crippen MR) is 142 cm³/mol. The molecule has 0 spiro atoms. The van der Waals surface area contributed by atoms with E-state index in [9.17, 15) is 23.3 Å². The predicted octanol–water partition coefficient (Wildman–Crippen LogP) is 9.04. The van der Waals surface area contributed by atoms with E-state index in [-0.39, 0.29) is 17.3 Å². The zero-order valence-electron chi connectivity index (χ0n) is 21.8. The monoisotopic (exact) mass is 523 g/mol. The van der Waals surface area contributed by atoms with Crippen LogP contribution in [0.3, 0.4) is 0 Å². The zero-order chi connectivity index (χ0) is 26.9. The van der Waals surface area contributed by atoms with E-state index < -0.39 is 22.4 Å². The van der Waals surface area contributed by atoms with Gasteiger partial charge in [-0.05, 0) is 18.6 Å². The molecular weight excluding hydrogens is 483 g/mol. The van der Waals surface area contributed by atoms with Crippen molar-refractivity contribution >= 4 is 23.0 Å². The molecule has 37 heavy (non-hydrogen) atoms. The molecule has 2 aromatic rings. The Morgan fingerprint density at radius 2 is 1.32 bits per heavy atom. The molecule has 7 nitrogen and oxygen atoms in total. The third kappa shape index (κ3) is 11.3. The number of anilines is 3. The van der Waals surface area contributed by atoms with Crippen LogP contribution in [0.2, 0.25) is 0 Å². The Labute approximate surface area is 217 Å². The number of nitrogens with zero attached hydrogens (tertiary/aromatic N) is 3. The molecule has 0 aliphatic heterocycles. The number of halogens is 3. The third-order valence-electron chi connectivity index (χ3n) is 6.31. The molecule has 0 bridgehead atoms. The van der Waals surface area contributed by atoms with Crippen LogP contribution in [0, 0.1) is 10.1 Å². The summed E-state index contributed by atoms with van der Waals surface area (Å²) in [5.41, 5.74) is -1.72. The van der Waals surface area contributed by atoms with Gasteiger partial charge in [-0.25, -0.2) is 9.97 Å². The second-order valence-corrected chi connectivity index (χ2v) is 9.37. The number of alkyl halides is 3. The van der Waals surface area contributed by atoms with Gasteiger partial charge in [-0.3, -0.25) is 10.1 Å². The molecule has 1 heterocycles. The van der Waals surface area contributed by atoms with Crippen LogP contribution in [0.15, 0.2) is 30.6 Å². The first-order chi connectivity index (χ1) is 17.8. The average molecular weight is 524 g/mol. The highest BCUT2D eigenvalue weighted by molar-refractivity contribution is 5.75. The van der Waals surface area contributed by atoms with Gasteiger partial charge in [0.05, 0.1) is 16.2 Å². The molecule has 0 amide bonds. The maximum Gasteiger partial charge on any atom is 0.418 e. The maximum absolute atomic E-state index is 13.3. The normalized spacial score (nSPS) is 11.5. The highest BCUT2D eigenvalue weighted by atomic mass is 19.4. The van der Waals surface area contributed by atoms with Gasteiger partial charge in [-0.15, -0.1) is 0 Å². The number of nitrogens with one attached hydrogen (secondary N) is 2. The van der Waals surface area contributed by atoms with Gasteiger partial charge in [0.1, 0.15) is 6.33 Å². The molecule has 206 valence electrons. The second kappa shape index (κ2) is 16.8. The Morgan fingerprint density at radius 1 is 0.811 bits per heavy atom. The first-order valence-electron chi connectivity index (χ1n) is 13.5. The van der Waals surface area contributed by atoms with Crippen LogP contribution >= 0.6 is 0 Å². The van der Waals surface area contributed by atoms with E-state index in [1.54, 1.807) is 0 Å². The van der Waals surface area contributed by atoms with Crippen molar-refractivity contribution in [3.8, 4) is 0 Å². The number of hydrogen-bond donors (Lipinski definition) is 2. The Kier molecular flexibility index (Phi) is 13.7. The summed E-state index contributed by atoms with van der Waals surface area (Å²) < 4.78 is 39.9. The molecule has 0 saturated heterocycles. The highest BCUT2D eigenvalue weighted by Crippen LogP contribution is 2.38. The van der Waals surface area contributed by atoms with Gasteiger partial charge in [0.25, 0.3) is 0 Å². The summed E-state index contributed by atoms with van der Waals surface area (Å²) in [5.74, 6) is -0.304. The second-order valence-electron chi connectivity index (χ2n) is 9.37. The molecule has 1 aromatic carbocycles. The number of rotatable bonds is 19. The number of nitro groups is 1. The van der Waals surface area contributed by atoms with Crippen molar-refractivity contribution in [1.82, 2.24) is 9.97 Å². The lowest BCUT2D eigenvalue weighted by molar-refractivity contribution is -0.383. The van der Waals surface area contributed by atoms with Crippen LogP contribution in [-0.2, 0) is 6.18 Å². The Hall–Kier alpha value is -2.91. The molecule has 2 N–H and O–H groups in total. The van der Waals surface area contributed by atoms with Crippen molar-refractivity contribution in [1.29, 1.82) is 0 Å². The molecule has 10 heteroatoms. The molecule has 0 aliphatic carbocycles. The van der Waals surface area contributed by atoms with Crippen LogP contribution in [0.1, 0.15) is 102 Å². The zero-order valence-corrected chi connectivity index (χ0v) is 21.8. The first kappa shape index (κ1) is 30.3. The molecule has 0 saturated carbocycles. The summed E-state index contributed by atoms with van der Waals surface area (Å²) in [7, 11) is 0. The first-order valence-corrected chi connectivity index (χ1v) is 13.5. The number of para-hydroxylation sites is 1. The fraction of sp³-hybridized carbons (Fsp3) is 0.630. The summed E-state index contributed by atoms with van der Waals surface area (Å²) in [6, 6.07) is 4.78. The SMILES string of the molecule is CCCCCCCCCCCCCCCCNc1ncnc(Nc2ccccc2C(F)(F)F)c1[N+](=O)[O-]. The van der Waals surface area contributed by atoms with E-state index in [2.05, 4.69) is 27.5 Å². The molecule has 2 rings (SSSR count). The fourth-order valence-electron chi connectivity index (χ4n) is 4.27. The van der Waals surface area contributed by atoms with E-state index in [0.29, 0.717) is 6.54 Å². The lowest BCUT2D eigenvalue weighted by Gasteiger charge is -2.14. The van der Waals surface area contributed by atoms with Gasteiger partial charge in [-0.1, -0.05) is 103 Å². The van der Waals surface area contributed by atoms with Crippen molar-refractivity contribution in [3.05, 3.63) is 46.3 Å². The van der Waals surface area contributed by atoms with E-state index in [4.69, 9.17) is 0 Å². The van der Waals surface area contributed by atoms with Crippen LogP contribution in [0.4, 0.5) is 36.2 Å². The Balaban J connectivity index is 1.72. The Bertz CT molecular complexity index is 940. The summed E-state index contributed by atoms with van der Waals surface area (Å²) in [6.45, 7) is 2.72. The van der Waals surface area contributed by atoms with Crippen molar-refractivity contribution in [2.75, 3.05) is 17.2 Å². The van der Waals surface area contributed by atoms with E-state index in [0.717, 1.165) is 31.7 Å². The van der Waals surface area contributed by atoms with Gasteiger partial charge >= 0.3 is 11.9 Å². The lowest BCUT2D eigenvalue weighted by atomic mass is 10.0. The van der Waals surface area contributed by atoms with Crippen molar-refractivity contribution in [2.45, 2.75) is 103 Å². The molecule has 0 aliphatic rings. The van der Waals surface area contributed by atoms with Crippen LogP contribution in [-0.4, -0.2) is 21.4 Å². The quantitative estimate of drug-likeness (QED) is 0.108. The van der Waals surface area contributed by atoms with Gasteiger partial charge in [-0.2, -0.15) is 13.2 Å². The molecule has 0 radical (unpaired) electrons. The summed E-state index contributed by atoms with van der Waals surface area (Å²) in [4.78, 5) is 18.8. The van der Waals surface area contributed by atoms with Crippen molar-refractivity contribution in [2.24, 2.45) is 0 Å². The maximum atomic E-state index is 13.3. The summed E-state index contributed by atoms with van der Waals surface area (Å²) >= 11 is 0. The van der Waals surface area contributed by atoms with Gasteiger partial charge in [0, 0.05) is 6.54 Å². The van der Waals surface area contributed by atoms with Gasteiger partial charge in [0.2, 0.25) is 11.6 Å². The minimum atomic E-state index is -4.61. The van der Waals surface area contributed by atoms with Gasteiger partial charge in [0.15, 0.2) is 0 Å². The molecular formula is C27H40F3N5O2. The molecule has 0 fully saturated rings. The standard InChI is InChI=1S/C27H40F3N5O2/c1-2-3-4-5-6-7-8-9-10-11-12-13-14-17-20-31-25-24(35(36)37)26(33-21-32-25)34-23-19-16-15-18-22(23)27(28,29)30/h15-16,18-19,21H,2-14,17,20H2,1H3,(H2,31,32,33,34). The Morgan fingerprint density at radius 3 is 1.86 bits per heavy atom. The minimum absolute atomic E-state index is 0.0123. The number of aromatic nitrogens is 2. The van der Waals surface area contributed by atoms with Crippen LogP contribution in [0.25, 0.3) is 0 Å². The van der Waals surface area contributed by atoms with Crippen LogP contribution in [0.5, 0.6) is 0 Å². The van der Waals surface area contributed by atoms with Crippen LogP contribution < -0.4 is 10.6 Å². The number of benzene rings is 1. The smallest absolute Gasteiger partial charge is 0.364 e.